The molecule has 1 atom stereocenters. The lowest BCUT2D eigenvalue weighted by Gasteiger charge is -2.11. The van der Waals surface area contributed by atoms with Crippen molar-refractivity contribution in [2.24, 2.45) is 0 Å². The number of ether oxygens (including phenoxy) is 1. The SMILES string of the molecule is C=C(C)COC(C)C[SiH2]OC. The molecule has 0 aliphatic heterocycles. The van der Waals surface area contributed by atoms with Crippen LogP contribution in [0.1, 0.15) is 13.8 Å². The topological polar surface area (TPSA) is 18.5 Å². The van der Waals surface area contributed by atoms with Crippen molar-refractivity contribution in [1.82, 2.24) is 0 Å². The van der Waals surface area contributed by atoms with Crippen LogP contribution in [-0.4, -0.2) is 29.6 Å². The van der Waals surface area contributed by atoms with Gasteiger partial charge in [0.2, 0.25) is 0 Å². The molecular weight excluding hydrogens is 156 g/mol. The van der Waals surface area contributed by atoms with E-state index in [1.54, 1.807) is 7.11 Å². The first kappa shape index (κ1) is 10.9. The Hall–Kier alpha value is -0.123. The predicted molar refractivity (Wildman–Crippen MR) is 50.6 cm³/mol. The molecule has 3 heteroatoms. The first-order chi connectivity index (χ1) is 5.16. The van der Waals surface area contributed by atoms with Gasteiger partial charge in [-0.1, -0.05) is 12.2 Å². The molecule has 0 saturated carbocycles. The van der Waals surface area contributed by atoms with Crippen molar-refractivity contribution in [3.8, 4) is 0 Å². The Kier molecular flexibility index (Phi) is 6.50. The molecule has 0 saturated heterocycles. The van der Waals surface area contributed by atoms with E-state index < -0.39 is 0 Å². The van der Waals surface area contributed by atoms with Crippen LogP contribution in [-0.2, 0) is 9.16 Å². The van der Waals surface area contributed by atoms with E-state index in [0.717, 1.165) is 11.6 Å². The fourth-order valence-electron chi connectivity index (χ4n) is 0.652. The van der Waals surface area contributed by atoms with E-state index in [1.807, 2.05) is 6.92 Å². The molecule has 0 heterocycles. The zero-order valence-corrected chi connectivity index (χ0v) is 9.14. The normalized spacial score (nSPS) is 14.1. The highest BCUT2D eigenvalue weighted by atomic mass is 28.2. The Bertz CT molecular complexity index is 115. The van der Waals surface area contributed by atoms with Gasteiger partial charge in [-0.05, 0) is 19.9 Å². The highest BCUT2D eigenvalue weighted by molar-refractivity contribution is 6.27. The summed E-state index contributed by atoms with van der Waals surface area (Å²) in [5.74, 6) is 0. The minimum absolute atomic E-state index is 0.325. The second-order valence-electron chi connectivity index (χ2n) is 2.86. The molecule has 0 aromatic rings. The smallest absolute Gasteiger partial charge is 0.163 e. The molecular formula is C8H18O2Si. The quantitative estimate of drug-likeness (QED) is 0.444. The number of hydrogen-bond acceptors (Lipinski definition) is 2. The maximum absolute atomic E-state index is 5.46. The van der Waals surface area contributed by atoms with Crippen LogP contribution in [0.3, 0.4) is 0 Å². The summed E-state index contributed by atoms with van der Waals surface area (Å²) in [6.07, 6.45) is 0.332. The summed E-state index contributed by atoms with van der Waals surface area (Å²) in [5, 5.41) is 0. The van der Waals surface area contributed by atoms with Crippen LogP contribution >= 0.6 is 0 Å². The van der Waals surface area contributed by atoms with Crippen LogP contribution in [0.2, 0.25) is 6.04 Å². The van der Waals surface area contributed by atoms with Crippen LogP contribution in [0.25, 0.3) is 0 Å². The van der Waals surface area contributed by atoms with E-state index in [0.29, 0.717) is 12.7 Å². The summed E-state index contributed by atoms with van der Waals surface area (Å²) >= 11 is 0. The third-order valence-corrected chi connectivity index (χ3v) is 2.80. The summed E-state index contributed by atoms with van der Waals surface area (Å²) in [5.41, 5.74) is 1.08. The van der Waals surface area contributed by atoms with Crippen molar-refractivity contribution in [1.29, 1.82) is 0 Å². The van der Waals surface area contributed by atoms with Gasteiger partial charge in [-0.15, -0.1) is 0 Å². The van der Waals surface area contributed by atoms with E-state index in [2.05, 4.69) is 13.5 Å². The molecule has 0 amide bonds. The molecule has 0 fully saturated rings. The monoisotopic (exact) mass is 174 g/mol. The Morgan fingerprint density at radius 1 is 1.64 bits per heavy atom. The van der Waals surface area contributed by atoms with Gasteiger partial charge in [0.1, 0.15) is 0 Å². The van der Waals surface area contributed by atoms with Crippen LogP contribution in [0.5, 0.6) is 0 Å². The van der Waals surface area contributed by atoms with E-state index >= 15 is 0 Å². The molecule has 0 aliphatic carbocycles. The maximum Gasteiger partial charge on any atom is 0.163 e. The van der Waals surface area contributed by atoms with Crippen LogP contribution in [0.15, 0.2) is 12.2 Å². The van der Waals surface area contributed by atoms with Crippen molar-refractivity contribution < 1.29 is 9.16 Å². The fraction of sp³-hybridized carbons (Fsp3) is 0.750. The molecule has 0 rings (SSSR count). The molecule has 0 spiro atoms. The van der Waals surface area contributed by atoms with E-state index in [4.69, 9.17) is 9.16 Å². The van der Waals surface area contributed by atoms with E-state index in [-0.39, 0.29) is 9.76 Å². The Morgan fingerprint density at radius 3 is 2.73 bits per heavy atom. The molecule has 11 heavy (non-hydrogen) atoms. The third-order valence-electron chi connectivity index (χ3n) is 1.34. The summed E-state index contributed by atoms with van der Waals surface area (Å²) in [6, 6.07) is 1.09. The average molecular weight is 174 g/mol. The van der Waals surface area contributed by atoms with Gasteiger partial charge in [-0.2, -0.15) is 0 Å². The standard InChI is InChI=1S/C8H18O2Si/c1-7(2)5-10-8(3)6-11-9-4/h8H,1,5-6,11H2,2-4H3. The lowest BCUT2D eigenvalue weighted by molar-refractivity contribution is 0.0956. The van der Waals surface area contributed by atoms with Crippen LogP contribution in [0.4, 0.5) is 0 Å². The first-order valence-electron chi connectivity index (χ1n) is 3.91. The minimum atomic E-state index is -0.325. The van der Waals surface area contributed by atoms with Gasteiger partial charge in [0.15, 0.2) is 9.76 Å². The van der Waals surface area contributed by atoms with Gasteiger partial charge < -0.3 is 9.16 Å². The summed E-state index contributed by atoms with van der Waals surface area (Å²) in [6.45, 7) is 8.49. The van der Waals surface area contributed by atoms with Gasteiger partial charge in [0.05, 0.1) is 12.7 Å². The molecule has 0 aliphatic rings. The average Bonchev–Trinajstić information content (AvgIpc) is 1.97. The molecule has 0 N–H and O–H groups in total. The third kappa shape index (κ3) is 7.78. The van der Waals surface area contributed by atoms with Crippen molar-refractivity contribution in [2.75, 3.05) is 13.7 Å². The zero-order valence-electron chi connectivity index (χ0n) is 7.72. The van der Waals surface area contributed by atoms with Crippen molar-refractivity contribution in [2.45, 2.75) is 26.0 Å². The summed E-state index contributed by atoms with van der Waals surface area (Å²) < 4.78 is 10.5. The van der Waals surface area contributed by atoms with Crippen molar-refractivity contribution in [3.05, 3.63) is 12.2 Å². The highest BCUT2D eigenvalue weighted by Gasteiger charge is 2.00. The molecule has 0 bridgehead atoms. The minimum Gasteiger partial charge on any atom is -0.427 e. The number of hydrogen-bond donors (Lipinski definition) is 0. The second kappa shape index (κ2) is 6.58. The molecule has 0 aromatic carbocycles. The van der Waals surface area contributed by atoms with Gasteiger partial charge in [-0.25, -0.2) is 0 Å². The first-order valence-corrected chi connectivity index (χ1v) is 5.49. The Labute approximate surface area is 71.5 Å². The molecule has 0 radical (unpaired) electrons. The number of rotatable bonds is 6. The van der Waals surface area contributed by atoms with Gasteiger partial charge in [0.25, 0.3) is 0 Å². The summed E-state index contributed by atoms with van der Waals surface area (Å²) in [4.78, 5) is 0. The predicted octanol–water partition coefficient (Wildman–Crippen LogP) is 1.12. The van der Waals surface area contributed by atoms with Gasteiger partial charge in [0, 0.05) is 7.11 Å². The molecule has 2 nitrogen and oxygen atoms in total. The van der Waals surface area contributed by atoms with Crippen molar-refractivity contribution in [3.63, 3.8) is 0 Å². The van der Waals surface area contributed by atoms with Crippen LogP contribution < -0.4 is 0 Å². The largest absolute Gasteiger partial charge is 0.427 e. The van der Waals surface area contributed by atoms with E-state index in [9.17, 15) is 0 Å². The van der Waals surface area contributed by atoms with Gasteiger partial charge >= 0.3 is 0 Å². The second-order valence-corrected chi connectivity index (χ2v) is 4.42. The molecule has 1 unspecified atom stereocenters. The van der Waals surface area contributed by atoms with Crippen molar-refractivity contribution >= 4 is 9.76 Å². The van der Waals surface area contributed by atoms with E-state index in [1.165, 1.54) is 0 Å². The molecule has 0 aromatic heterocycles. The molecule has 66 valence electrons. The Morgan fingerprint density at radius 2 is 2.27 bits per heavy atom. The van der Waals surface area contributed by atoms with Gasteiger partial charge in [-0.3, -0.25) is 0 Å². The highest BCUT2D eigenvalue weighted by Crippen LogP contribution is 1.99. The maximum atomic E-state index is 5.46. The van der Waals surface area contributed by atoms with Crippen LogP contribution in [0, 0.1) is 0 Å². The Balaban J connectivity index is 3.22. The fourth-order valence-corrected chi connectivity index (χ4v) is 1.39. The lowest BCUT2D eigenvalue weighted by Crippen LogP contribution is -2.12. The summed E-state index contributed by atoms with van der Waals surface area (Å²) in [7, 11) is 1.44. The zero-order chi connectivity index (χ0) is 8.69. The lowest BCUT2D eigenvalue weighted by atomic mass is 10.4.